The summed E-state index contributed by atoms with van der Waals surface area (Å²) in [5.74, 6) is 1.76. The van der Waals surface area contributed by atoms with Crippen LogP contribution in [0.2, 0.25) is 0 Å². The van der Waals surface area contributed by atoms with Crippen LogP contribution in [-0.2, 0) is 27.8 Å². The molecule has 1 amide bonds. The number of fused-ring (bicyclic) bond motifs is 2. The Hall–Kier alpha value is -3.80. The molecule has 2 N–H and O–H groups in total. The molecular weight excluding hydrogens is 570 g/mol. The molecule has 2 aliphatic heterocycles. The lowest BCUT2D eigenvalue weighted by Gasteiger charge is -2.34. The fourth-order valence-electron chi connectivity index (χ4n) is 5.37. The third-order valence-corrected chi connectivity index (χ3v) is 9.28. The Kier molecular flexibility index (Phi) is 9.14. The van der Waals surface area contributed by atoms with Crippen LogP contribution in [0.5, 0.6) is 17.2 Å². The average Bonchev–Trinajstić information content (AvgIpc) is 3.45. The van der Waals surface area contributed by atoms with Crippen LogP contribution in [0.25, 0.3) is 0 Å². The Morgan fingerprint density at radius 1 is 1.05 bits per heavy atom. The predicted molar refractivity (Wildman–Crippen MR) is 163 cm³/mol. The smallest absolute Gasteiger partial charge is 0.261 e. The molecule has 0 aliphatic carbocycles. The molecule has 11 heteroatoms. The fraction of sp³-hybridized carbons (Fsp3) is 0.406. The van der Waals surface area contributed by atoms with Gasteiger partial charge in [0.2, 0.25) is 12.7 Å². The number of nitrogens with one attached hydrogen (secondary N) is 1. The third-order valence-electron chi connectivity index (χ3n) is 7.88. The first-order valence-corrected chi connectivity index (χ1v) is 15.9. The maximum atomic E-state index is 13.5. The minimum atomic E-state index is -3.83. The van der Waals surface area contributed by atoms with E-state index in [1.807, 2.05) is 46.0 Å². The van der Waals surface area contributed by atoms with Crippen molar-refractivity contribution in [2.24, 2.45) is 5.92 Å². The lowest BCUT2D eigenvalue weighted by Crippen LogP contribution is -2.47. The Labute approximate surface area is 253 Å². The number of amides is 1. The Bertz CT molecular complexity index is 1560. The summed E-state index contributed by atoms with van der Waals surface area (Å²) in [6.45, 7) is 7.41. The molecular formula is C32H39N3O7S. The number of sulfonamides is 1. The lowest BCUT2D eigenvalue weighted by atomic mass is 10.0. The van der Waals surface area contributed by atoms with Gasteiger partial charge in [-0.1, -0.05) is 30.7 Å². The van der Waals surface area contributed by atoms with Crippen molar-refractivity contribution in [1.82, 2.24) is 9.80 Å². The summed E-state index contributed by atoms with van der Waals surface area (Å²) in [6, 6.07) is 17.1. The Balaban J connectivity index is 1.40. The van der Waals surface area contributed by atoms with Crippen molar-refractivity contribution in [3.8, 4) is 17.2 Å². The highest BCUT2D eigenvalue weighted by Crippen LogP contribution is 2.33. The molecule has 0 unspecified atom stereocenters. The summed E-state index contributed by atoms with van der Waals surface area (Å²) in [5.41, 5.74) is 2.93. The minimum Gasteiger partial charge on any atom is -0.488 e. The van der Waals surface area contributed by atoms with Crippen LogP contribution < -0.4 is 18.9 Å². The number of aliphatic hydroxyl groups excluding tert-OH is 1. The first kappa shape index (κ1) is 30.7. The molecule has 43 heavy (non-hydrogen) atoms. The van der Waals surface area contributed by atoms with Gasteiger partial charge in [0.05, 0.1) is 24.0 Å². The van der Waals surface area contributed by atoms with Crippen LogP contribution in [-0.4, -0.2) is 74.9 Å². The normalized spacial score (nSPS) is 19.2. The topological polar surface area (TPSA) is 118 Å². The van der Waals surface area contributed by atoms with E-state index in [4.69, 9.17) is 14.2 Å². The summed E-state index contributed by atoms with van der Waals surface area (Å²) in [4.78, 5) is 17.5. The van der Waals surface area contributed by atoms with Gasteiger partial charge in [-0.2, -0.15) is 0 Å². The zero-order valence-corrected chi connectivity index (χ0v) is 25.8. The molecule has 10 nitrogen and oxygen atoms in total. The highest BCUT2D eigenvalue weighted by atomic mass is 32.2. The molecule has 2 aliphatic rings. The maximum absolute atomic E-state index is 13.5. The van der Waals surface area contributed by atoms with Crippen molar-refractivity contribution in [2.75, 3.05) is 38.3 Å². The molecule has 0 bridgehead atoms. The second-order valence-electron chi connectivity index (χ2n) is 11.5. The van der Waals surface area contributed by atoms with Gasteiger partial charge in [-0.15, -0.1) is 0 Å². The van der Waals surface area contributed by atoms with Gasteiger partial charge in [0.1, 0.15) is 11.9 Å². The standard InChI is InChI=1S/C32H39N3O7S/c1-21-5-9-27(10-6-21)43(38,39)33-26-8-12-28-25(14-26)15-32(37)35(23(3)19-36)16-22(2)31(42-28)18-34(4)17-24-7-11-29-30(13-24)41-20-40-29/h5-14,22-23,31,33,36H,15-20H2,1-4H3/t22-,23+,31-/m1/s1. The van der Waals surface area contributed by atoms with Crippen molar-refractivity contribution < 1.29 is 32.5 Å². The number of carbonyl (C=O) groups is 1. The largest absolute Gasteiger partial charge is 0.488 e. The molecule has 230 valence electrons. The predicted octanol–water partition coefficient (Wildman–Crippen LogP) is 3.81. The number of hydrogen-bond acceptors (Lipinski definition) is 8. The van der Waals surface area contributed by atoms with E-state index in [1.165, 1.54) is 0 Å². The first-order chi connectivity index (χ1) is 20.5. The van der Waals surface area contributed by atoms with Gasteiger partial charge in [0.15, 0.2) is 11.5 Å². The first-order valence-electron chi connectivity index (χ1n) is 14.4. The molecule has 3 atom stereocenters. The van der Waals surface area contributed by atoms with E-state index in [1.54, 1.807) is 47.4 Å². The van der Waals surface area contributed by atoms with Gasteiger partial charge in [-0.3, -0.25) is 14.4 Å². The van der Waals surface area contributed by atoms with Crippen LogP contribution >= 0.6 is 0 Å². The summed E-state index contributed by atoms with van der Waals surface area (Å²) >= 11 is 0. The van der Waals surface area contributed by atoms with Gasteiger partial charge >= 0.3 is 0 Å². The molecule has 5 rings (SSSR count). The van der Waals surface area contributed by atoms with E-state index in [9.17, 15) is 18.3 Å². The quantitative estimate of drug-likeness (QED) is 0.376. The highest BCUT2D eigenvalue weighted by Gasteiger charge is 2.31. The molecule has 0 aromatic heterocycles. The molecule has 0 spiro atoms. The van der Waals surface area contributed by atoms with E-state index in [-0.39, 0.29) is 48.7 Å². The van der Waals surface area contributed by atoms with E-state index in [0.717, 1.165) is 22.6 Å². The Morgan fingerprint density at radius 2 is 1.77 bits per heavy atom. The summed E-state index contributed by atoms with van der Waals surface area (Å²) in [7, 11) is -1.82. The van der Waals surface area contributed by atoms with Crippen molar-refractivity contribution >= 4 is 21.6 Å². The number of anilines is 1. The van der Waals surface area contributed by atoms with Crippen molar-refractivity contribution in [3.05, 3.63) is 77.4 Å². The van der Waals surface area contributed by atoms with Gasteiger partial charge in [-0.25, -0.2) is 8.42 Å². The lowest BCUT2D eigenvalue weighted by molar-refractivity contribution is -0.134. The molecule has 3 aromatic rings. The number of aliphatic hydroxyl groups is 1. The molecule has 0 saturated carbocycles. The van der Waals surface area contributed by atoms with E-state index in [0.29, 0.717) is 36.6 Å². The van der Waals surface area contributed by atoms with E-state index >= 15 is 0 Å². The number of benzene rings is 3. The molecule has 2 heterocycles. The van der Waals surface area contributed by atoms with Crippen LogP contribution in [0.3, 0.4) is 0 Å². The van der Waals surface area contributed by atoms with Crippen molar-refractivity contribution in [1.29, 1.82) is 0 Å². The number of rotatable bonds is 9. The molecule has 0 radical (unpaired) electrons. The summed E-state index contributed by atoms with van der Waals surface area (Å²) < 4.78 is 46.3. The van der Waals surface area contributed by atoms with Gasteiger partial charge < -0.3 is 24.2 Å². The van der Waals surface area contributed by atoms with Gasteiger partial charge in [0, 0.05) is 36.8 Å². The number of nitrogens with zero attached hydrogens (tertiary/aromatic N) is 2. The third kappa shape index (κ3) is 7.23. The van der Waals surface area contributed by atoms with Crippen LogP contribution in [0.15, 0.2) is 65.6 Å². The molecule has 0 fully saturated rings. The van der Waals surface area contributed by atoms with Crippen molar-refractivity contribution in [3.63, 3.8) is 0 Å². The number of likely N-dealkylation sites (N-methyl/N-ethyl adjacent to an activating group) is 1. The van der Waals surface area contributed by atoms with Gasteiger partial charge in [-0.05, 0) is 68.9 Å². The summed E-state index contributed by atoms with van der Waals surface area (Å²) in [5, 5.41) is 9.93. The minimum absolute atomic E-state index is 0.00620. The van der Waals surface area contributed by atoms with Crippen molar-refractivity contribution in [2.45, 2.75) is 50.8 Å². The number of hydrogen-bond donors (Lipinski definition) is 2. The number of carbonyl (C=O) groups excluding carboxylic acids is 1. The Morgan fingerprint density at radius 3 is 2.51 bits per heavy atom. The highest BCUT2D eigenvalue weighted by molar-refractivity contribution is 7.92. The summed E-state index contributed by atoms with van der Waals surface area (Å²) in [6.07, 6.45) is -0.293. The van der Waals surface area contributed by atoms with E-state index in [2.05, 4.69) is 9.62 Å². The second kappa shape index (κ2) is 12.8. The van der Waals surface area contributed by atoms with Gasteiger partial charge in [0.25, 0.3) is 10.0 Å². The monoisotopic (exact) mass is 609 g/mol. The number of aryl methyl sites for hydroxylation is 1. The maximum Gasteiger partial charge on any atom is 0.261 e. The SMILES string of the molecule is Cc1ccc(S(=O)(=O)Nc2ccc3c(c2)CC(=O)N([C@@H](C)CO)C[C@@H](C)[C@@H](CN(C)Cc2ccc4c(c2)OCO4)O3)cc1. The zero-order chi connectivity index (χ0) is 30.7. The zero-order valence-electron chi connectivity index (χ0n) is 24.9. The average molecular weight is 610 g/mol. The van der Waals surface area contributed by atoms with Crippen LogP contribution in [0.4, 0.5) is 5.69 Å². The number of ether oxygens (including phenoxy) is 3. The molecule has 0 saturated heterocycles. The van der Waals surface area contributed by atoms with E-state index < -0.39 is 10.0 Å². The van der Waals surface area contributed by atoms with Crippen LogP contribution in [0.1, 0.15) is 30.5 Å². The molecule has 3 aromatic carbocycles. The fourth-order valence-corrected chi connectivity index (χ4v) is 6.41. The van der Waals surface area contributed by atoms with Crippen LogP contribution in [0, 0.1) is 12.8 Å². The second-order valence-corrected chi connectivity index (χ2v) is 13.2.